The minimum Gasteiger partial charge on any atom is -0.491 e. The summed E-state index contributed by atoms with van der Waals surface area (Å²) in [5, 5.41) is 0. The number of hydrogen-bond acceptors (Lipinski definition) is 2. The Balaban J connectivity index is 2.28. The largest absolute Gasteiger partial charge is 0.491 e. The van der Waals surface area contributed by atoms with E-state index in [1.165, 1.54) is 5.56 Å². The minimum absolute atomic E-state index is 0.0366. The van der Waals surface area contributed by atoms with Crippen molar-refractivity contribution in [3.63, 3.8) is 0 Å². The SMILES string of the molecule is CCc1cccc(C(=O)c2cccc(OC(C)C)c2)c1. The first-order valence-electron chi connectivity index (χ1n) is 7.00. The van der Waals surface area contributed by atoms with Crippen LogP contribution in [0.1, 0.15) is 42.3 Å². The molecule has 2 heteroatoms. The van der Waals surface area contributed by atoms with Crippen LogP contribution in [0.5, 0.6) is 5.75 Å². The van der Waals surface area contributed by atoms with Gasteiger partial charge in [0.1, 0.15) is 5.75 Å². The summed E-state index contributed by atoms with van der Waals surface area (Å²) in [6, 6.07) is 15.1. The van der Waals surface area contributed by atoms with E-state index in [0.717, 1.165) is 17.7 Å². The highest BCUT2D eigenvalue weighted by Gasteiger charge is 2.10. The maximum absolute atomic E-state index is 12.5. The van der Waals surface area contributed by atoms with Gasteiger partial charge in [0.2, 0.25) is 0 Å². The van der Waals surface area contributed by atoms with E-state index in [1.807, 2.05) is 56.3 Å². The third-order valence-electron chi connectivity index (χ3n) is 3.07. The van der Waals surface area contributed by atoms with E-state index in [-0.39, 0.29) is 11.9 Å². The lowest BCUT2D eigenvalue weighted by Gasteiger charge is -2.10. The molecule has 0 aliphatic heterocycles. The molecule has 0 bridgehead atoms. The van der Waals surface area contributed by atoms with Crippen molar-refractivity contribution < 1.29 is 9.53 Å². The number of rotatable bonds is 5. The lowest BCUT2D eigenvalue weighted by Crippen LogP contribution is -2.07. The number of carbonyl (C=O) groups is 1. The number of ketones is 1. The van der Waals surface area contributed by atoms with E-state index >= 15 is 0 Å². The fraction of sp³-hybridized carbons (Fsp3) is 0.278. The van der Waals surface area contributed by atoms with Crippen molar-refractivity contribution in [1.29, 1.82) is 0 Å². The molecule has 104 valence electrons. The molecule has 0 spiro atoms. The van der Waals surface area contributed by atoms with Crippen LogP contribution in [0, 0.1) is 0 Å². The molecule has 0 amide bonds. The number of carbonyl (C=O) groups excluding carboxylic acids is 1. The molecule has 0 aromatic heterocycles. The van der Waals surface area contributed by atoms with Gasteiger partial charge in [0.25, 0.3) is 0 Å². The molecule has 2 nitrogen and oxygen atoms in total. The Hall–Kier alpha value is -2.09. The Morgan fingerprint density at radius 3 is 2.35 bits per heavy atom. The van der Waals surface area contributed by atoms with Gasteiger partial charge < -0.3 is 4.74 Å². The summed E-state index contributed by atoms with van der Waals surface area (Å²) in [7, 11) is 0. The number of ether oxygens (including phenoxy) is 1. The summed E-state index contributed by atoms with van der Waals surface area (Å²) >= 11 is 0. The summed E-state index contributed by atoms with van der Waals surface area (Å²) < 4.78 is 5.63. The van der Waals surface area contributed by atoms with Crippen LogP contribution in [-0.4, -0.2) is 11.9 Å². The molecule has 0 aliphatic carbocycles. The lowest BCUT2D eigenvalue weighted by molar-refractivity contribution is 0.103. The van der Waals surface area contributed by atoms with Crippen LogP contribution in [0.3, 0.4) is 0 Å². The van der Waals surface area contributed by atoms with Crippen molar-refractivity contribution in [3.8, 4) is 5.75 Å². The van der Waals surface area contributed by atoms with Crippen molar-refractivity contribution in [1.82, 2.24) is 0 Å². The van der Waals surface area contributed by atoms with Crippen LogP contribution in [0.4, 0.5) is 0 Å². The Morgan fingerprint density at radius 2 is 1.70 bits per heavy atom. The second-order valence-corrected chi connectivity index (χ2v) is 5.08. The average molecular weight is 268 g/mol. The van der Waals surface area contributed by atoms with Gasteiger partial charge in [-0.05, 0) is 44.0 Å². The van der Waals surface area contributed by atoms with E-state index in [2.05, 4.69) is 6.92 Å². The molecule has 0 heterocycles. The maximum Gasteiger partial charge on any atom is 0.193 e. The van der Waals surface area contributed by atoms with Crippen molar-refractivity contribution in [3.05, 3.63) is 65.2 Å². The molecule has 0 saturated carbocycles. The highest BCUT2D eigenvalue weighted by Crippen LogP contribution is 2.18. The van der Waals surface area contributed by atoms with E-state index in [0.29, 0.717) is 5.56 Å². The van der Waals surface area contributed by atoms with Gasteiger partial charge in [-0.25, -0.2) is 0 Å². The molecule has 0 atom stereocenters. The van der Waals surface area contributed by atoms with Gasteiger partial charge in [-0.1, -0.05) is 37.3 Å². The number of benzene rings is 2. The summed E-state index contributed by atoms with van der Waals surface area (Å²) in [4.78, 5) is 12.5. The van der Waals surface area contributed by atoms with Gasteiger partial charge in [-0.15, -0.1) is 0 Å². The fourth-order valence-electron chi connectivity index (χ4n) is 2.08. The van der Waals surface area contributed by atoms with Crippen LogP contribution in [0.25, 0.3) is 0 Å². The Kier molecular flexibility index (Phi) is 4.57. The molecular weight excluding hydrogens is 248 g/mol. The lowest BCUT2D eigenvalue weighted by atomic mass is 10.0. The minimum atomic E-state index is 0.0366. The van der Waals surface area contributed by atoms with Gasteiger partial charge in [0.05, 0.1) is 6.10 Å². The Morgan fingerprint density at radius 1 is 1.05 bits per heavy atom. The zero-order valence-corrected chi connectivity index (χ0v) is 12.2. The quantitative estimate of drug-likeness (QED) is 0.757. The first-order valence-corrected chi connectivity index (χ1v) is 7.00. The molecule has 0 fully saturated rings. The first kappa shape index (κ1) is 14.3. The molecule has 20 heavy (non-hydrogen) atoms. The Labute approximate surface area is 120 Å². The predicted octanol–water partition coefficient (Wildman–Crippen LogP) is 4.27. The summed E-state index contributed by atoms with van der Waals surface area (Å²) in [6.07, 6.45) is 1.03. The van der Waals surface area contributed by atoms with Crippen LogP contribution < -0.4 is 4.74 Å². The van der Waals surface area contributed by atoms with E-state index in [1.54, 1.807) is 6.07 Å². The normalized spacial score (nSPS) is 10.6. The highest BCUT2D eigenvalue weighted by molar-refractivity contribution is 6.09. The summed E-state index contributed by atoms with van der Waals surface area (Å²) in [5.74, 6) is 0.770. The fourth-order valence-corrected chi connectivity index (χ4v) is 2.08. The van der Waals surface area contributed by atoms with Crippen molar-refractivity contribution in [2.75, 3.05) is 0 Å². The van der Waals surface area contributed by atoms with Gasteiger partial charge >= 0.3 is 0 Å². The third kappa shape index (κ3) is 3.47. The molecule has 0 saturated heterocycles. The third-order valence-corrected chi connectivity index (χ3v) is 3.07. The van der Waals surface area contributed by atoms with E-state index in [4.69, 9.17) is 4.74 Å². The summed E-state index contributed by atoms with van der Waals surface area (Å²) in [6.45, 7) is 6.03. The van der Waals surface area contributed by atoms with Crippen LogP contribution in [0.2, 0.25) is 0 Å². The second kappa shape index (κ2) is 6.38. The highest BCUT2D eigenvalue weighted by atomic mass is 16.5. The maximum atomic E-state index is 12.5. The molecule has 0 aliphatic rings. The molecular formula is C18H20O2. The van der Waals surface area contributed by atoms with Crippen molar-refractivity contribution >= 4 is 5.78 Å². The molecule has 2 rings (SSSR count). The van der Waals surface area contributed by atoms with Gasteiger partial charge in [0, 0.05) is 11.1 Å². The monoisotopic (exact) mass is 268 g/mol. The zero-order chi connectivity index (χ0) is 14.5. The van der Waals surface area contributed by atoms with E-state index in [9.17, 15) is 4.79 Å². The average Bonchev–Trinajstić information content (AvgIpc) is 2.46. The van der Waals surface area contributed by atoms with Crippen LogP contribution in [-0.2, 0) is 6.42 Å². The summed E-state index contributed by atoms with van der Waals surface area (Å²) in [5.41, 5.74) is 2.56. The zero-order valence-electron chi connectivity index (χ0n) is 12.2. The van der Waals surface area contributed by atoms with Crippen molar-refractivity contribution in [2.45, 2.75) is 33.3 Å². The second-order valence-electron chi connectivity index (χ2n) is 5.08. The number of aryl methyl sites for hydroxylation is 1. The molecule has 0 unspecified atom stereocenters. The first-order chi connectivity index (χ1) is 9.60. The molecule has 2 aromatic carbocycles. The topological polar surface area (TPSA) is 26.3 Å². The van der Waals surface area contributed by atoms with Gasteiger partial charge in [-0.2, -0.15) is 0 Å². The smallest absolute Gasteiger partial charge is 0.193 e. The number of hydrogen-bond donors (Lipinski definition) is 0. The molecule has 2 aromatic rings. The molecule has 0 radical (unpaired) electrons. The van der Waals surface area contributed by atoms with E-state index < -0.39 is 0 Å². The van der Waals surface area contributed by atoms with Gasteiger partial charge in [-0.3, -0.25) is 4.79 Å². The Bertz CT molecular complexity index is 600. The predicted molar refractivity (Wildman–Crippen MR) is 81.5 cm³/mol. The van der Waals surface area contributed by atoms with Crippen LogP contribution in [0.15, 0.2) is 48.5 Å². The standard InChI is InChI=1S/C18H20O2/c1-4-14-7-5-8-15(11-14)18(19)16-9-6-10-17(12-16)20-13(2)3/h5-13H,4H2,1-3H3. The molecule has 0 N–H and O–H groups in total. The van der Waals surface area contributed by atoms with Gasteiger partial charge in [0.15, 0.2) is 5.78 Å². The van der Waals surface area contributed by atoms with Crippen molar-refractivity contribution in [2.24, 2.45) is 0 Å². The van der Waals surface area contributed by atoms with Crippen LogP contribution >= 0.6 is 0 Å².